The normalized spacial score (nSPS) is 13.4. The number of rotatable bonds is 6. The molecule has 8 aromatic carbocycles. The minimum absolute atomic E-state index is 0.105. The fourth-order valence-electron chi connectivity index (χ4n) is 9.85. The van der Waals surface area contributed by atoms with Crippen molar-refractivity contribution in [1.29, 1.82) is 0 Å². The smallest absolute Gasteiger partial charge is 0.247 e. The van der Waals surface area contributed by atoms with E-state index in [2.05, 4.69) is 225 Å². The van der Waals surface area contributed by atoms with Crippen LogP contribution in [0.1, 0.15) is 16.7 Å². The highest BCUT2D eigenvalue weighted by Crippen LogP contribution is 2.42. The van der Waals surface area contributed by atoms with Crippen LogP contribution in [0, 0.1) is 20.8 Å². The molecule has 262 valence electrons. The van der Waals surface area contributed by atoms with Crippen LogP contribution in [0.5, 0.6) is 0 Å². The minimum Gasteiger partial charge on any atom is -0.312 e. The third-order valence-corrected chi connectivity index (χ3v) is 16.7. The molecule has 2 nitrogen and oxygen atoms in total. The molecule has 0 spiro atoms. The van der Waals surface area contributed by atoms with Gasteiger partial charge in [0.05, 0.1) is 0 Å². The molecule has 0 aliphatic carbocycles. The Bertz CT molecular complexity index is 2590. The van der Waals surface area contributed by atoms with Crippen molar-refractivity contribution < 1.29 is 0 Å². The summed E-state index contributed by atoms with van der Waals surface area (Å²) in [6, 6.07) is 72.7. The van der Waals surface area contributed by atoms with Crippen molar-refractivity contribution in [2.75, 3.05) is 9.80 Å². The summed E-state index contributed by atoms with van der Waals surface area (Å²) < 4.78 is 0. The molecule has 0 fully saturated rings. The predicted molar refractivity (Wildman–Crippen MR) is 238 cm³/mol. The number of anilines is 6. The Kier molecular flexibility index (Phi) is 7.97. The fraction of sp³-hybridized carbons (Fsp3) is 0.0588. The summed E-state index contributed by atoms with van der Waals surface area (Å²) in [5, 5.41) is 5.59. The van der Waals surface area contributed by atoms with E-state index < -0.39 is 8.07 Å². The van der Waals surface area contributed by atoms with Gasteiger partial charge >= 0.3 is 0 Å². The van der Waals surface area contributed by atoms with Crippen LogP contribution in [0.4, 0.5) is 34.1 Å². The van der Waals surface area contributed by atoms with Gasteiger partial charge < -0.3 is 9.80 Å². The molecule has 2 aliphatic heterocycles. The molecule has 2 aliphatic rings. The van der Waals surface area contributed by atoms with Crippen LogP contribution in [0.25, 0.3) is 0 Å². The van der Waals surface area contributed by atoms with Crippen molar-refractivity contribution in [3.63, 3.8) is 0 Å². The summed E-state index contributed by atoms with van der Waals surface area (Å²) in [4.78, 5) is 5.02. The molecule has 0 aromatic heterocycles. The zero-order valence-corrected chi connectivity index (χ0v) is 32.4. The van der Waals surface area contributed by atoms with Crippen molar-refractivity contribution in [2.45, 2.75) is 20.8 Å². The maximum atomic E-state index is 2.61. The van der Waals surface area contributed by atoms with E-state index in [1.165, 1.54) is 70.9 Å². The molecule has 0 atom stereocenters. The SMILES string of the molecule is Cc1cc(C)c(B2c3ccccc3N3c4ccc(N(c5ccccc5)c5ccccc5)cc4[Si](c4ccccc4)(c4ccccc4)c4cccc2c43)c(C)c1. The quantitative estimate of drug-likeness (QED) is 0.161. The minimum atomic E-state index is -2.97. The van der Waals surface area contributed by atoms with Gasteiger partial charge in [0.25, 0.3) is 0 Å². The fourth-order valence-corrected chi connectivity index (χ4v) is 15.0. The molecule has 0 saturated heterocycles. The third-order valence-electron chi connectivity index (χ3n) is 11.8. The number of hydrogen-bond donors (Lipinski definition) is 0. The maximum absolute atomic E-state index is 2.97. The van der Waals surface area contributed by atoms with Crippen LogP contribution < -0.4 is 46.9 Å². The molecule has 8 aromatic rings. The van der Waals surface area contributed by atoms with Gasteiger partial charge in [0.1, 0.15) is 0 Å². The van der Waals surface area contributed by atoms with E-state index in [1.54, 1.807) is 0 Å². The first-order valence-electron chi connectivity index (χ1n) is 19.3. The van der Waals surface area contributed by atoms with Gasteiger partial charge in [0.2, 0.25) is 6.71 Å². The van der Waals surface area contributed by atoms with Gasteiger partial charge in [-0.25, -0.2) is 0 Å². The second-order valence-corrected chi connectivity index (χ2v) is 18.8. The zero-order chi connectivity index (χ0) is 37.1. The summed E-state index contributed by atoms with van der Waals surface area (Å²) in [7, 11) is -2.97. The Hall–Kier alpha value is -6.36. The van der Waals surface area contributed by atoms with E-state index in [1.807, 2.05) is 0 Å². The van der Waals surface area contributed by atoms with Crippen LogP contribution in [0.2, 0.25) is 0 Å². The first-order chi connectivity index (χ1) is 27.1. The predicted octanol–water partition coefficient (Wildman–Crippen LogP) is 8.07. The van der Waals surface area contributed by atoms with Gasteiger partial charge in [-0.05, 0) is 101 Å². The average Bonchev–Trinajstić information content (AvgIpc) is 3.23. The first kappa shape index (κ1) is 33.2. The lowest BCUT2D eigenvalue weighted by Crippen LogP contribution is -2.78. The molecule has 0 bridgehead atoms. The number of hydrogen-bond acceptors (Lipinski definition) is 2. The number of nitrogens with zero attached hydrogens (tertiary/aromatic N) is 2. The summed E-state index contributed by atoms with van der Waals surface area (Å²) in [6.45, 7) is 6.92. The van der Waals surface area contributed by atoms with Gasteiger partial charge in [-0.2, -0.15) is 0 Å². The van der Waals surface area contributed by atoms with E-state index in [4.69, 9.17) is 0 Å². The Morgan fingerprint density at radius 3 is 1.56 bits per heavy atom. The molecular weight excluding hydrogens is 679 g/mol. The Morgan fingerprint density at radius 1 is 0.436 bits per heavy atom. The van der Waals surface area contributed by atoms with E-state index >= 15 is 0 Å². The summed E-state index contributed by atoms with van der Waals surface area (Å²) in [6.07, 6.45) is 0. The highest BCUT2D eigenvalue weighted by atomic mass is 28.3. The van der Waals surface area contributed by atoms with Crippen molar-refractivity contribution in [3.05, 3.63) is 211 Å². The number of aryl methyl sites for hydroxylation is 3. The topological polar surface area (TPSA) is 6.48 Å². The summed E-state index contributed by atoms with van der Waals surface area (Å²) >= 11 is 0. The average molecular weight is 721 g/mol. The molecule has 2 heterocycles. The van der Waals surface area contributed by atoms with E-state index in [9.17, 15) is 0 Å². The second kappa shape index (κ2) is 13.2. The highest BCUT2D eigenvalue weighted by Gasteiger charge is 2.52. The van der Waals surface area contributed by atoms with Crippen molar-refractivity contribution in [1.82, 2.24) is 0 Å². The van der Waals surface area contributed by atoms with Crippen LogP contribution in [0.15, 0.2) is 194 Å². The molecule has 0 amide bonds. The van der Waals surface area contributed by atoms with Gasteiger partial charge in [-0.3, -0.25) is 0 Å². The molecule has 0 radical (unpaired) electrons. The highest BCUT2D eigenvalue weighted by molar-refractivity contribution is 7.22. The third kappa shape index (κ3) is 5.09. The lowest BCUT2D eigenvalue weighted by Gasteiger charge is -2.49. The number of fused-ring (bicyclic) bond motifs is 4. The van der Waals surface area contributed by atoms with Crippen molar-refractivity contribution in [3.8, 4) is 0 Å². The van der Waals surface area contributed by atoms with Crippen LogP contribution in [-0.4, -0.2) is 14.8 Å². The Morgan fingerprint density at radius 2 is 0.964 bits per heavy atom. The zero-order valence-electron chi connectivity index (χ0n) is 31.4. The van der Waals surface area contributed by atoms with E-state index in [0.29, 0.717) is 0 Å². The Labute approximate surface area is 326 Å². The molecule has 10 rings (SSSR count). The second-order valence-electron chi connectivity index (χ2n) is 15.1. The first-order valence-corrected chi connectivity index (χ1v) is 21.3. The van der Waals surface area contributed by atoms with Crippen LogP contribution >= 0.6 is 0 Å². The van der Waals surface area contributed by atoms with Crippen molar-refractivity contribution in [2.24, 2.45) is 0 Å². The van der Waals surface area contributed by atoms with Crippen LogP contribution in [0.3, 0.4) is 0 Å². The standard InChI is InChI=1S/C51H41BN2Si/c1-36-33-37(2)50(38(3)34-36)52-44-27-16-17-29-46(44)54-47-32-31-41(53(39-19-8-4-9-20-39)40-21-10-5-11-22-40)35-49(47)55(42-23-12-6-13-24-42,43-25-14-7-15-26-43)48-30-18-28-45(52)51(48)54/h4-35H,1-3H3. The van der Waals surface area contributed by atoms with Crippen molar-refractivity contribution >= 4 is 86.0 Å². The lowest BCUT2D eigenvalue weighted by atomic mass is 9.34. The van der Waals surface area contributed by atoms with Gasteiger partial charge in [-0.15, -0.1) is 0 Å². The number of para-hydroxylation sites is 4. The number of benzene rings is 8. The Balaban J connectivity index is 1.34. The van der Waals surface area contributed by atoms with Gasteiger partial charge in [0, 0.05) is 34.1 Å². The van der Waals surface area contributed by atoms with Gasteiger partial charge in [0.15, 0.2) is 8.07 Å². The summed E-state index contributed by atoms with van der Waals surface area (Å²) in [5.41, 5.74) is 15.4. The molecule has 4 heteroatoms. The molecular formula is C51H41BN2Si. The van der Waals surface area contributed by atoms with Crippen LogP contribution in [-0.2, 0) is 0 Å². The molecule has 55 heavy (non-hydrogen) atoms. The maximum Gasteiger partial charge on any atom is 0.247 e. The lowest BCUT2D eigenvalue weighted by molar-refractivity contribution is 1.26. The molecule has 0 unspecified atom stereocenters. The van der Waals surface area contributed by atoms with E-state index in [-0.39, 0.29) is 6.71 Å². The summed E-state index contributed by atoms with van der Waals surface area (Å²) in [5.74, 6) is 0. The van der Waals surface area contributed by atoms with Gasteiger partial charge in [-0.1, -0.05) is 168 Å². The largest absolute Gasteiger partial charge is 0.312 e. The monoisotopic (exact) mass is 720 g/mol. The molecule has 0 saturated carbocycles. The molecule has 0 N–H and O–H groups in total. The van der Waals surface area contributed by atoms with E-state index in [0.717, 1.165) is 17.1 Å².